The molecule has 3 fully saturated rings. The number of hydrogen-bond donors (Lipinski definition) is 3. The first-order chi connectivity index (χ1) is 13.1. The first kappa shape index (κ1) is 20.5. The van der Waals surface area contributed by atoms with E-state index in [1.807, 2.05) is 0 Å². The lowest BCUT2D eigenvalue weighted by molar-refractivity contribution is -0.140. The average Bonchev–Trinajstić information content (AvgIpc) is 2.85. The molecule has 156 valence electrons. The lowest BCUT2D eigenvalue weighted by atomic mass is 9.98. The highest BCUT2D eigenvalue weighted by molar-refractivity contribution is 7.80. The molecule has 13 heteroatoms. The van der Waals surface area contributed by atoms with Crippen molar-refractivity contribution in [2.24, 2.45) is 0 Å². The van der Waals surface area contributed by atoms with Crippen molar-refractivity contribution in [2.75, 3.05) is 13.1 Å². The molecule has 12 nitrogen and oxygen atoms in total. The van der Waals surface area contributed by atoms with Crippen molar-refractivity contribution >= 4 is 34.1 Å². The molecule has 0 radical (unpaired) electrons. The van der Waals surface area contributed by atoms with Crippen LogP contribution in [-0.4, -0.2) is 82.7 Å². The van der Waals surface area contributed by atoms with E-state index in [4.69, 9.17) is 9.96 Å². The highest BCUT2D eigenvalue weighted by Gasteiger charge is 2.48. The summed E-state index contributed by atoms with van der Waals surface area (Å²) >= 11 is 0. The molecule has 3 rings (SSSR count). The van der Waals surface area contributed by atoms with Gasteiger partial charge in [-0.25, -0.2) is 4.79 Å². The number of urea groups is 1. The fourth-order valence-electron chi connectivity index (χ4n) is 4.01. The van der Waals surface area contributed by atoms with Crippen molar-refractivity contribution in [1.29, 1.82) is 5.41 Å². The Morgan fingerprint density at radius 2 is 1.93 bits per heavy atom. The van der Waals surface area contributed by atoms with Crippen LogP contribution in [0.1, 0.15) is 39.0 Å². The summed E-state index contributed by atoms with van der Waals surface area (Å²) in [6.07, 6.45) is 2.78. The van der Waals surface area contributed by atoms with Crippen molar-refractivity contribution in [3.05, 3.63) is 0 Å². The molecule has 0 aromatic rings. The van der Waals surface area contributed by atoms with E-state index in [1.54, 1.807) is 0 Å². The van der Waals surface area contributed by atoms with E-state index in [9.17, 15) is 22.8 Å². The van der Waals surface area contributed by atoms with Gasteiger partial charge in [0.25, 0.3) is 0 Å². The lowest BCUT2D eigenvalue weighted by Gasteiger charge is -2.35. The van der Waals surface area contributed by atoms with Crippen LogP contribution in [-0.2, 0) is 24.3 Å². The van der Waals surface area contributed by atoms with Gasteiger partial charge in [0.1, 0.15) is 11.9 Å². The second-order valence-corrected chi connectivity index (χ2v) is 8.14. The number of nitrogens with zero attached hydrogens (tertiary/aromatic N) is 3. The number of piperidine rings is 2. The van der Waals surface area contributed by atoms with Crippen LogP contribution in [0.5, 0.6) is 0 Å². The van der Waals surface area contributed by atoms with Gasteiger partial charge in [0.2, 0.25) is 11.8 Å². The maximum absolute atomic E-state index is 12.6. The van der Waals surface area contributed by atoms with Crippen LogP contribution in [0.25, 0.3) is 0 Å². The number of hydrogen-bond acceptors (Lipinski definition) is 7. The molecule has 3 heterocycles. The van der Waals surface area contributed by atoms with Crippen molar-refractivity contribution in [2.45, 2.75) is 57.2 Å². The van der Waals surface area contributed by atoms with Gasteiger partial charge >= 0.3 is 16.4 Å². The van der Waals surface area contributed by atoms with E-state index >= 15 is 0 Å². The van der Waals surface area contributed by atoms with Crippen LogP contribution < -0.4 is 5.32 Å². The van der Waals surface area contributed by atoms with Crippen LogP contribution in [0.15, 0.2) is 0 Å². The Bertz CT molecular complexity index is 801. The molecule has 3 aliphatic heterocycles. The van der Waals surface area contributed by atoms with Gasteiger partial charge in [-0.05, 0) is 32.1 Å². The van der Waals surface area contributed by atoms with Crippen LogP contribution >= 0.6 is 0 Å². The van der Waals surface area contributed by atoms with Gasteiger partial charge in [-0.15, -0.1) is 4.28 Å². The van der Waals surface area contributed by atoms with E-state index in [0.717, 1.165) is 12.8 Å². The Labute approximate surface area is 162 Å². The van der Waals surface area contributed by atoms with Gasteiger partial charge in [0.15, 0.2) is 0 Å². The Kier molecular flexibility index (Phi) is 5.59. The molecule has 0 spiro atoms. The SMILES string of the molecule is CC(=O)N1CCCCC1C(=O)NC(=N)[C@@H]1CC[C@@H]2CN1C(=O)N2OS(=O)(=O)O. The predicted octanol–water partition coefficient (Wildman–Crippen LogP) is -0.516. The van der Waals surface area contributed by atoms with Crippen LogP contribution in [0, 0.1) is 5.41 Å². The summed E-state index contributed by atoms with van der Waals surface area (Å²) in [7, 11) is -4.85. The van der Waals surface area contributed by atoms with E-state index in [0.29, 0.717) is 30.9 Å². The second kappa shape index (κ2) is 7.64. The van der Waals surface area contributed by atoms with Gasteiger partial charge in [-0.3, -0.25) is 19.6 Å². The molecule has 3 aliphatic rings. The molecular formula is C15H23N5O7S. The number of nitrogens with one attached hydrogen (secondary N) is 2. The smallest absolute Gasteiger partial charge is 0.331 e. The number of carbonyl (C=O) groups excluding carboxylic acids is 3. The van der Waals surface area contributed by atoms with E-state index in [2.05, 4.69) is 9.60 Å². The van der Waals surface area contributed by atoms with Gasteiger partial charge in [0.05, 0.1) is 12.1 Å². The zero-order valence-electron chi connectivity index (χ0n) is 15.3. The summed E-state index contributed by atoms with van der Waals surface area (Å²) in [6, 6.07) is -2.78. The van der Waals surface area contributed by atoms with Gasteiger partial charge < -0.3 is 15.1 Å². The minimum absolute atomic E-state index is 0.111. The Morgan fingerprint density at radius 3 is 2.57 bits per heavy atom. The number of likely N-dealkylation sites (tertiary alicyclic amines) is 1. The Hall–Kier alpha value is -2.25. The second-order valence-electron chi connectivity index (χ2n) is 7.14. The highest BCUT2D eigenvalue weighted by atomic mass is 32.3. The monoisotopic (exact) mass is 417 g/mol. The van der Waals surface area contributed by atoms with Gasteiger partial charge in [0, 0.05) is 20.0 Å². The summed E-state index contributed by atoms with van der Waals surface area (Å²) < 4.78 is 35.0. The molecule has 2 bridgehead atoms. The molecule has 3 saturated heterocycles. The van der Waals surface area contributed by atoms with Crippen molar-refractivity contribution in [3.63, 3.8) is 0 Å². The molecule has 0 aliphatic carbocycles. The van der Waals surface area contributed by atoms with E-state index in [1.165, 1.54) is 16.7 Å². The molecular weight excluding hydrogens is 394 g/mol. The molecule has 0 aromatic heterocycles. The number of hydroxylamine groups is 2. The average molecular weight is 417 g/mol. The van der Waals surface area contributed by atoms with Crippen LogP contribution in [0.4, 0.5) is 4.79 Å². The quantitative estimate of drug-likeness (QED) is 0.315. The Balaban J connectivity index is 1.66. The third-order valence-electron chi connectivity index (χ3n) is 5.30. The van der Waals surface area contributed by atoms with E-state index in [-0.39, 0.29) is 18.3 Å². The zero-order chi connectivity index (χ0) is 20.6. The third-order valence-corrected chi connectivity index (χ3v) is 5.65. The molecule has 1 unspecified atom stereocenters. The van der Waals surface area contributed by atoms with Crippen LogP contribution in [0.3, 0.4) is 0 Å². The number of amides is 4. The summed E-state index contributed by atoms with van der Waals surface area (Å²) in [5, 5.41) is 11.3. The lowest BCUT2D eigenvalue weighted by Crippen LogP contribution is -2.56. The standard InChI is InChI=1S/C15H23N5O7S/c1-9(21)18-7-3-2-4-12(18)14(22)17-13(16)11-6-5-10-8-19(11)15(23)20(10)27-28(24,25)26/h10-12H,2-8H2,1H3,(H2,16,17,22)(H,24,25,26)/t10-,11+,12?/m1/s1. The molecule has 0 aromatic carbocycles. The first-order valence-electron chi connectivity index (χ1n) is 9.02. The van der Waals surface area contributed by atoms with Gasteiger partial charge in [-0.1, -0.05) is 0 Å². The van der Waals surface area contributed by atoms with Crippen molar-refractivity contribution in [1.82, 2.24) is 20.2 Å². The molecule has 3 atom stereocenters. The maximum atomic E-state index is 12.6. The van der Waals surface area contributed by atoms with E-state index < -0.39 is 40.5 Å². The number of amidine groups is 1. The van der Waals surface area contributed by atoms with Gasteiger partial charge in [-0.2, -0.15) is 13.5 Å². The minimum atomic E-state index is -4.85. The zero-order valence-corrected chi connectivity index (χ0v) is 16.1. The van der Waals surface area contributed by atoms with Crippen LogP contribution in [0.2, 0.25) is 0 Å². The fourth-order valence-corrected chi connectivity index (χ4v) is 4.40. The Morgan fingerprint density at radius 1 is 1.21 bits per heavy atom. The fraction of sp³-hybridized carbons (Fsp3) is 0.733. The largest absolute Gasteiger partial charge is 0.418 e. The van der Waals surface area contributed by atoms with Crippen molar-refractivity contribution < 1.29 is 31.6 Å². The highest BCUT2D eigenvalue weighted by Crippen LogP contribution is 2.31. The maximum Gasteiger partial charge on any atom is 0.418 e. The first-order valence-corrected chi connectivity index (χ1v) is 10.4. The number of carbonyl (C=O) groups is 3. The summed E-state index contributed by atoms with van der Waals surface area (Å²) in [4.78, 5) is 39.5. The summed E-state index contributed by atoms with van der Waals surface area (Å²) in [5.41, 5.74) is 0. The molecule has 28 heavy (non-hydrogen) atoms. The number of rotatable bonds is 4. The summed E-state index contributed by atoms with van der Waals surface area (Å²) in [5.74, 6) is -0.876. The molecule has 3 N–H and O–H groups in total. The molecule has 0 saturated carbocycles. The summed E-state index contributed by atoms with van der Waals surface area (Å²) in [6.45, 7) is 1.99. The molecule has 4 amide bonds. The minimum Gasteiger partial charge on any atom is -0.331 e. The number of fused-ring (bicyclic) bond motifs is 2. The van der Waals surface area contributed by atoms with Crippen molar-refractivity contribution in [3.8, 4) is 0 Å². The topological polar surface area (TPSA) is 160 Å². The normalized spacial score (nSPS) is 27.7. The predicted molar refractivity (Wildman–Crippen MR) is 94.3 cm³/mol. The third kappa shape index (κ3) is 4.10.